The highest BCUT2D eigenvalue weighted by Gasteiger charge is 2.07. The van der Waals surface area contributed by atoms with Crippen molar-refractivity contribution >= 4 is 17.4 Å². The molecule has 0 amide bonds. The molecule has 0 fully saturated rings. The van der Waals surface area contributed by atoms with E-state index in [1.165, 1.54) is 6.20 Å². The van der Waals surface area contributed by atoms with Crippen LogP contribution in [0.4, 0.5) is 0 Å². The van der Waals surface area contributed by atoms with Crippen molar-refractivity contribution in [2.45, 2.75) is 6.92 Å². The fraction of sp³-hybridized carbons (Fsp3) is 0.0769. The highest BCUT2D eigenvalue weighted by molar-refractivity contribution is 6.32. The molecule has 0 bridgehead atoms. The monoisotopic (exact) mass is 277 g/mol. The standard InChI is InChI=1S/C13H12ClN3O2/c1-8-2-3-10(14)11(6-8)19-12-7-9(4-5-16-12)13(15)17-18/h2-7,18H,1H3,(H2,15,17). The third-order valence-electron chi connectivity index (χ3n) is 2.44. The SMILES string of the molecule is Cc1ccc(Cl)c(Oc2cc(/C(N)=N/O)ccn2)c1. The molecular weight excluding hydrogens is 266 g/mol. The van der Waals surface area contributed by atoms with E-state index in [1.54, 1.807) is 24.3 Å². The molecule has 1 heterocycles. The van der Waals surface area contributed by atoms with Crippen LogP contribution in [0.1, 0.15) is 11.1 Å². The number of aryl methyl sites for hydroxylation is 1. The molecule has 0 spiro atoms. The molecule has 1 aromatic carbocycles. The molecule has 0 aliphatic carbocycles. The Bertz CT molecular complexity index is 629. The number of amidine groups is 1. The molecule has 2 aromatic rings. The minimum Gasteiger partial charge on any atom is -0.437 e. The quantitative estimate of drug-likeness (QED) is 0.391. The molecule has 0 saturated heterocycles. The summed E-state index contributed by atoms with van der Waals surface area (Å²) in [5.41, 5.74) is 7.03. The van der Waals surface area contributed by atoms with Crippen LogP contribution < -0.4 is 10.5 Å². The van der Waals surface area contributed by atoms with Crippen LogP contribution in [0.5, 0.6) is 11.6 Å². The van der Waals surface area contributed by atoms with Crippen molar-refractivity contribution in [3.8, 4) is 11.6 Å². The van der Waals surface area contributed by atoms with E-state index < -0.39 is 0 Å². The van der Waals surface area contributed by atoms with E-state index in [1.807, 2.05) is 13.0 Å². The number of ether oxygens (including phenoxy) is 1. The van der Waals surface area contributed by atoms with Crippen molar-refractivity contribution in [1.82, 2.24) is 4.98 Å². The second kappa shape index (κ2) is 5.58. The van der Waals surface area contributed by atoms with Crippen molar-refractivity contribution in [3.05, 3.63) is 52.7 Å². The van der Waals surface area contributed by atoms with Gasteiger partial charge in [-0.1, -0.05) is 22.8 Å². The number of aromatic nitrogens is 1. The maximum Gasteiger partial charge on any atom is 0.219 e. The number of hydrogen-bond donors (Lipinski definition) is 2. The Morgan fingerprint density at radius 3 is 2.89 bits per heavy atom. The molecular formula is C13H12ClN3O2. The first-order chi connectivity index (χ1) is 9.10. The smallest absolute Gasteiger partial charge is 0.219 e. The van der Waals surface area contributed by atoms with Crippen molar-refractivity contribution in [2.24, 2.45) is 10.9 Å². The van der Waals surface area contributed by atoms with Gasteiger partial charge in [0, 0.05) is 17.8 Å². The fourth-order valence-corrected chi connectivity index (χ4v) is 1.64. The average Bonchev–Trinajstić information content (AvgIpc) is 2.42. The van der Waals surface area contributed by atoms with E-state index in [9.17, 15) is 0 Å². The van der Waals surface area contributed by atoms with Gasteiger partial charge >= 0.3 is 0 Å². The van der Waals surface area contributed by atoms with E-state index in [0.29, 0.717) is 22.2 Å². The van der Waals surface area contributed by atoms with Gasteiger partial charge in [0.25, 0.3) is 0 Å². The molecule has 1 aromatic heterocycles. The lowest BCUT2D eigenvalue weighted by Crippen LogP contribution is -2.13. The van der Waals surface area contributed by atoms with E-state index in [-0.39, 0.29) is 5.84 Å². The largest absolute Gasteiger partial charge is 0.437 e. The van der Waals surface area contributed by atoms with Gasteiger partial charge < -0.3 is 15.7 Å². The van der Waals surface area contributed by atoms with E-state index in [2.05, 4.69) is 10.1 Å². The van der Waals surface area contributed by atoms with Crippen molar-refractivity contribution in [3.63, 3.8) is 0 Å². The summed E-state index contributed by atoms with van der Waals surface area (Å²) >= 11 is 6.03. The minimum atomic E-state index is -0.0115. The Morgan fingerprint density at radius 1 is 1.37 bits per heavy atom. The fourth-order valence-electron chi connectivity index (χ4n) is 1.48. The highest BCUT2D eigenvalue weighted by Crippen LogP contribution is 2.29. The number of rotatable bonds is 3. The van der Waals surface area contributed by atoms with Gasteiger partial charge in [-0.05, 0) is 30.7 Å². The molecule has 0 atom stereocenters. The maximum absolute atomic E-state index is 8.63. The van der Waals surface area contributed by atoms with Crippen LogP contribution in [-0.4, -0.2) is 16.0 Å². The molecule has 0 radical (unpaired) electrons. The van der Waals surface area contributed by atoms with Crippen molar-refractivity contribution in [1.29, 1.82) is 0 Å². The van der Waals surface area contributed by atoms with E-state index in [0.717, 1.165) is 5.56 Å². The van der Waals surface area contributed by atoms with Gasteiger partial charge in [0.15, 0.2) is 5.84 Å². The van der Waals surface area contributed by atoms with Crippen molar-refractivity contribution in [2.75, 3.05) is 0 Å². The Balaban J connectivity index is 2.31. The number of benzene rings is 1. The third-order valence-corrected chi connectivity index (χ3v) is 2.75. The van der Waals surface area contributed by atoms with Crippen LogP contribution in [0.25, 0.3) is 0 Å². The topological polar surface area (TPSA) is 80.7 Å². The third kappa shape index (κ3) is 3.14. The summed E-state index contributed by atoms with van der Waals surface area (Å²) in [6.07, 6.45) is 1.51. The Hall–Kier alpha value is -2.27. The number of nitrogens with zero attached hydrogens (tertiary/aromatic N) is 2. The highest BCUT2D eigenvalue weighted by atomic mass is 35.5. The van der Waals surface area contributed by atoms with Gasteiger partial charge in [-0.15, -0.1) is 0 Å². The van der Waals surface area contributed by atoms with Crippen LogP contribution >= 0.6 is 11.6 Å². The lowest BCUT2D eigenvalue weighted by atomic mass is 10.2. The van der Waals surface area contributed by atoms with Gasteiger partial charge in [0.2, 0.25) is 5.88 Å². The Labute approximate surface area is 115 Å². The molecule has 0 aliphatic heterocycles. The maximum atomic E-state index is 8.63. The normalized spacial score (nSPS) is 11.4. The molecule has 0 unspecified atom stereocenters. The van der Waals surface area contributed by atoms with Crippen molar-refractivity contribution < 1.29 is 9.94 Å². The second-order valence-corrected chi connectivity index (χ2v) is 4.31. The van der Waals surface area contributed by atoms with Gasteiger partial charge in [-0.25, -0.2) is 4.98 Å². The number of hydrogen-bond acceptors (Lipinski definition) is 4. The zero-order valence-corrected chi connectivity index (χ0v) is 10.9. The number of nitrogens with two attached hydrogens (primary N) is 1. The second-order valence-electron chi connectivity index (χ2n) is 3.90. The number of halogens is 1. The summed E-state index contributed by atoms with van der Waals surface area (Å²) in [6, 6.07) is 8.61. The Kier molecular flexibility index (Phi) is 3.87. The zero-order chi connectivity index (χ0) is 13.8. The number of oxime groups is 1. The number of pyridine rings is 1. The van der Waals surface area contributed by atoms with E-state index in [4.69, 9.17) is 27.3 Å². The predicted molar refractivity (Wildman–Crippen MR) is 73.0 cm³/mol. The van der Waals surface area contributed by atoms with Gasteiger partial charge in [-0.2, -0.15) is 0 Å². The van der Waals surface area contributed by atoms with Crippen LogP contribution in [0.3, 0.4) is 0 Å². The van der Waals surface area contributed by atoms with Gasteiger partial charge in [-0.3, -0.25) is 0 Å². The average molecular weight is 278 g/mol. The molecule has 5 nitrogen and oxygen atoms in total. The zero-order valence-electron chi connectivity index (χ0n) is 10.2. The minimum absolute atomic E-state index is 0.0115. The lowest BCUT2D eigenvalue weighted by molar-refractivity contribution is 0.318. The summed E-state index contributed by atoms with van der Waals surface area (Å²) < 4.78 is 5.59. The van der Waals surface area contributed by atoms with Crippen LogP contribution in [-0.2, 0) is 0 Å². The first-order valence-electron chi connectivity index (χ1n) is 5.48. The Morgan fingerprint density at radius 2 is 2.16 bits per heavy atom. The summed E-state index contributed by atoms with van der Waals surface area (Å²) in [4.78, 5) is 4.05. The first-order valence-corrected chi connectivity index (χ1v) is 5.86. The molecule has 3 N–H and O–H groups in total. The molecule has 19 heavy (non-hydrogen) atoms. The summed E-state index contributed by atoms with van der Waals surface area (Å²) in [5, 5.41) is 12.0. The summed E-state index contributed by atoms with van der Waals surface area (Å²) in [7, 11) is 0. The van der Waals surface area contributed by atoms with E-state index >= 15 is 0 Å². The van der Waals surface area contributed by atoms with Crippen LogP contribution in [0.15, 0.2) is 41.7 Å². The first kappa shape index (κ1) is 13.2. The predicted octanol–water partition coefficient (Wildman–Crippen LogP) is 2.93. The summed E-state index contributed by atoms with van der Waals surface area (Å²) in [5.74, 6) is 0.810. The molecule has 98 valence electrons. The van der Waals surface area contributed by atoms with Crippen LogP contribution in [0.2, 0.25) is 5.02 Å². The van der Waals surface area contributed by atoms with Gasteiger partial charge in [0.05, 0.1) is 5.02 Å². The molecule has 2 rings (SSSR count). The molecule has 0 aliphatic rings. The lowest BCUT2D eigenvalue weighted by Gasteiger charge is -2.08. The molecule has 0 saturated carbocycles. The molecule has 6 heteroatoms. The van der Waals surface area contributed by atoms with Crippen LogP contribution in [0, 0.1) is 6.92 Å². The summed E-state index contributed by atoms with van der Waals surface area (Å²) in [6.45, 7) is 1.93. The van der Waals surface area contributed by atoms with Gasteiger partial charge in [0.1, 0.15) is 5.75 Å².